The fraction of sp³-hybridized carbons (Fsp3) is 0.395. The van der Waals surface area contributed by atoms with Crippen LogP contribution in [0.1, 0.15) is 50.2 Å². The molecule has 2 bridgehead atoms. The molecule has 1 N–H and O–H groups in total. The van der Waals surface area contributed by atoms with Gasteiger partial charge in [0.05, 0.1) is 20.8 Å². The summed E-state index contributed by atoms with van der Waals surface area (Å²) >= 11 is 14.1. The number of nitrogens with zero attached hydrogens (tertiary/aromatic N) is 2. The van der Waals surface area contributed by atoms with E-state index >= 15 is 0 Å². The molecule has 3 aliphatic heterocycles. The number of hydrogen-bond acceptors (Lipinski definition) is 11. The van der Waals surface area contributed by atoms with Crippen LogP contribution in [0.3, 0.4) is 0 Å². The third-order valence-electron chi connectivity index (χ3n) is 9.73. The molecule has 52 heavy (non-hydrogen) atoms. The lowest BCUT2D eigenvalue weighted by Gasteiger charge is -2.45. The summed E-state index contributed by atoms with van der Waals surface area (Å²) < 4.78 is 29.4. The van der Waals surface area contributed by atoms with Crippen molar-refractivity contribution in [2.45, 2.75) is 43.6 Å². The summed E-state index contributed by atoms with van der Waals surface area (Å²) in [6.45, 7) is 3.09. The summed E-state index contributed by atoms with van der Waals surface area (Å²) in [5.74, 6) is 0.316. The van der Waals surface area contributed by atoms with Crippen molar-refractivity contribution < 1.29 is 38.0 Å². The van der Waals surface area contributed by atoms with Gasteiger partial charge in [-0.25, -0.2) is 9.59 Å². The van der Waals surface area contributed by atoms with E-state index in [0.29, 0.717) is 38.2 Å². The summed E-state index contributed by atoms with van der Waals surface area (Å²) in [4.78, 5) is 31.4. The lowest BCUT2D eigenvalue weighted by molar-refractivity contribution is -0.605. The molecular weight excluding hydrogens is 729 g/mol. The molecule has 0 saturated carbocycles. The van der Waals surface area contributed by atoms with Crippen LogP contribution in [0, 0.1) is 11.1 Å². The van der Waals surface area contributed by atoms with Crippen molar-refractivity contribution in [1.82, 2.24) is 10.2 Å². The number of aromatic nitrogens is 1. The van der Waals surface area contributed by atoms with Crippen molar-refractivity contribution in [3.63, 3.8) is 0 Å². The Morgan fingerprint density at radius 1 is 1.00 bits per heavy atom. The maximum atomic E-state index is 14.2. The molecule has 4 aromatic rings. The van der Waals surface area contributed by atoms with Crippen molar-refractivity contribution in [3.05, 3.63) is 115 Å². The number of pyridine rings is 1. The zero-order valence-electron chi connectivity index (χ0n) is 29.1. The average Bonchev–Trinajstić information content (AvgIpc) is 3.64. The number of esters is 2. The Morgan fingerprint density at radius 2 is 1.71 bits per heavy atom. The SMILES string of the molecule is COCC(NCc1ccc(C(=O)O[C@@H](Cc2c(Cl)c[n+]([O-])cc2Cl)c2ccc(OC)c(OC)c2)s1)(C(=O)O[C@H]1CN2CCC1CC2)c1ccccc1. The van der Waals surface area contributed by atoms with Crippen molar-refractivity contribution >= 4 is 46.5 Å². The molecule has 7 rings (SSSR count). The minimum atomic E-state index is -1.29. The fourth-order valence-corrected chi connectivity index (χ4v) is 8.34. The van der Waals surface area contributed by atoms with Gasteiger partial charge < -0.3 is 28.9 Å². The maximum Gasteiger partial charge on any atom is 0.348 e. The Morgan fingerprint density at radius 3 is 2.35 bits per heavy atom. The van der Waals surface area contributed by atoms with Crippen LogP contribution in [0.5, 0.6) is 11.5 Å². The van der Waals surface area contributed by atoms with Crippen LogP contribution in [-0.4, -0.2) is 70.5 Å². The Kier molecular flexibility index (Phi) is 12.2. The standard InChI is InChI=1S/C38H41Cl2N3O8S/c1-47-23-38(26-7-5-4-6-8-26,37(45)51-34-22-42-15-13-24(34)14-16-42)41-19-27-10-12-35(52-27)36(44)50-32(18-28-29(39)20-43(46)21-30(28)40)25-9-11-31(48-2)33(17-25)49-3/h4-12,17,20-21,24,32,34,41H,13-16,18-19,22-23H2,1-3H3/t32-,34-,38?/m0/s1. The number of rotatable bonds is 15. The molecule has 0 amide bonds. The van der Waals surface area contributed by atoms with Gasteiger partial charge in [0, 0.05) is 37.1 Å². The highest BCUT2D eigenvalue weighted by Crippen LogP contribution is 2.37. The molecule has 3 atom stereocenters. The van der Waals surface area contributed by atoms with E-state index in [0.717, 1.165) is 42.9 Å². The molecule has 3 fully saturated rings. The normalized spacial score (nSPS) is 19.8. The van der Waals surface area contributed by atoms with E-state index in [2.05, 4.69) is 10.2 Å². The number of thiophene rings is 1. The Bertz CT molecular complexity index is 1850. The van der Waals surface area contributed by atoms with Crippen molar-refractivity contribution in [2.75, 3.05) is 47.6 Å². The number of piperidine rings is 3. The summed E-state index contributed by atoms with van der Waals surface area (Å²) in [6.07, 6.45) is 3.46. The Hall–Kier alpha value is -3.91. The number of methoxy groups -OCH3 is 3. The van der Waals surface area contributed by atoms with Gasteiger partial charge in [0.15, 0.2) is 29.4 Å². The first-order valence-corrected chi connectivity index (χ1v) is 18.5. The van der Waals surface area contributed by atoms with Crippen LogP contribution >= 0.6 is 34.5 Å². The number of halogens is 2. The van der Waals surface area contributed by atoms with Gasteiger partial charge in [0.1, 0.15) is 27.1 Å². The largest absolute Gasteiger partial charge is 0.619 e. The van der Waals surface area contributed by atoms with Crippen molar-refractivity contribution in [2.24, 2.45) is 5.92 Å². The first kappa shape index (κ1) is 37.8. The third kappa shape index (κ3) is 8.33. The van der Waals surface area contributed by atoms with Gasteiger partial charge in [-0.2, -0.15) is 4.73 Å². The molecular formula is C38H41Cl2N3O8S. The lowest BCUT2D eigenvalue weighted by atomic mass is 9.85. The Labute approximate surface area is 316 Å². The van der Waals surface area contributed by atoms with Crippen LogP contribution in [0.4, 0.5) is 0 Å². The monoisotopic (exact) mass is 769 g/mol. The fourth-order valence-electron chi connectivity index (χ4n) is 6.91. The van der Waals surface area contributed by atoms with Crippen molar-refractivity contribution in [1.29, 1.82) is 0 Å². The predicted molar refractivity (Wildman–Crippen MR) is 197 cm³/mol. The molecule has 1 unspecified atom stereocenters. The minimum absolute atomic E-state index is 0.0428. The maximum absolute atomic E-state index is 14.2. The van der Waals surface area contributed by atoms with Crippen LogP contribution in [0.25, 0.3) is 0 Å². The lowest BCUT2D eigenvalue weighted by Crippen LogP contribution is -2.57. The van der Waals surface area contributed by atoms with E-state index in [1.54, 1.807) is 31.4 Å². The number of hydrogen-bond donors (Lipinski definition) is 1. The molecule has 0 spiro atoms. The second-order valence-corrected chi connectivity index (χ2v) is 14.9. The van der Waals surface area contributed by atoms with Crippen LogP contribution in [0.15, 0.2) is 73.1 Å². The summed E-state index contributed by atoms with van der Waals surface area (Å²) in [7, 11) is 4.60. The van der Waals surface area contributed by atoms with Gasteiger partial charge in [-0.15, -0.1) is 11.3 Å². The van der Waals surface area contributed by atoms with E-state index in [4.69, 9.17) is 46.9 Å². The minimum Gasteiger partial charge on any atom is -0.619 e. The van der Waals surface area contributed by atoms with E-state index in [9.17, 15) is 14.8 Å². The smallest absolute Gasteiger partial charge is 0.348 e. The quantitative estimate of drug-likeness (QED) is 0.0861. The molecule has 2 aromatic heterocycles. The van der Waals surface area contributed by atoms with E-state index in [1.807, 2.05) is 36.4 Å². The number of carbonyl (C=O) groups is 2. The third-order valence-corrected chi connectivity index (χ3v) is 11.5. The first-order valence-electron chi connectivity index (χ1n) is 16.9. The van der Waals surface area contributed by atoms with Crippen LogP contribution < -0.4 is 19.5 Å². The molecule has 0 radical (unpaired) electrons. The highest BCUT2D eigenvalue weighted by atomic mass is 35.5. The molecule has 14 heteroatoms. The number of nitrogens with one attached hydrogen (secondary N) is 1. The second-order valence-electron chi connectivity index (χ2n) is 12.9. The zero-order valence-corrected chi connectivity index (χ0v) is 31.5. The van der Waals surface area contributed by atoms with Gasteiger partial charge >= 0.3 is 11.9 Å². The van der Waals surface area contributed by atoms with Crippen LogP contribution in [0.2, 0.25) is 10.0 Å². The zero-order chi connectivity index (χ0) is 36.8. The highest BCUT2D eigenvalue weighted by Gasteiger charge is 2.45. The molecule has 3 saturated heterocycles. The first-order chi connectivity index (χ1) is 25.1. The topological polar surface area (TPSA) is 122 Å². The number of ether oxygens (including phenoxy) is 5. The summed E-state index contributed by atoms with van der Waals surface area (Å²) in [6, 6.07) is 18.1. The van der Waals surface area contributed by atoms with E-state index in [1.165, 1.54) is 38.0 Å². The van der Waals surface area contributed by atoms with Crippen molar-refractivity contribution in [3.8, 4) is 11.5 Å². The average molecular weight is 771 g/mol. The molecule has 11 nitrogen and oxygen atoms in total. The summed E-state index contributed by atoms with van der Waals surface area (Å²) in [5.41, 5.74) is 0.475. The van der Waals surface area contributed by atoms with E-state index in [-0.39, 0.29) is 35.7 Å². The van der Waals surface area contributed by atoms with Gasteiger partial charge in [0.25, 0.3) is 0 Å². The number of carbonyl (C=O) groups excluding carboxylic acids is 2. The molecule has 2 aromatic carbocycles. The predicted octanol–water partition coefficient (Wildman–Crippen LogP) is 6.12. The highest BCUT2D eigenvalue weighted by molar-refractivity contribution is 7.13. The number of benzene rings is 2. The molecule has 5 heterocycles. The van der Waals surface area contributed by atoms with Crippen LogP contribution in [-0.2, 0) is 37.5 Å². The van der Waals surface area contributed by atoms with Gasteiger partial charge in [-0.05, 0) is 67.2 Å². The molecule has 3 aliphatic rings. The van der Waals surface area contributed by atoms with Gasteiger partial charge in [-0.1, -0.05) is 59.6 Å². The Balaban J connectivity index is 1.23. The second kappa shape index (κ2) is 16.8. The van der Waals surface area contributed by atoms with E-state index < -0.39 is 23.6 Å². The molecule has 0 aliphatic carbocycles. The van der Waals surface area contributed by atoms with Gasteiger partial charge in [0.2, 0.25) is 0 Å². The molecule has 276 valence electrons. The number of fused-ring (bicyclic) bond motifs is 3. The summed E-state index contributed by atoms with van der Waals surface area (Å²) in [5, 5.41) is 15.6. The van der Waals surface area contributed by atoms with Gasteiger partial charge in [-0.3, -0.25) is 10.2 Å².